The number of anilines is 3. The van der Waals surface area contributed by atoms with Crippen LogP contribution in [0.2, 0.25) is 0 Å². The van der Waals surface area contributed by atoms with Crippen molar-refractivity contribution in [3.05, 3.63) is 41.5 Å². The molecule has 0 spiro atoms. The van der Waals surface area contributed by atoms with E-state index in [1.165, 1.54) is 17.4 Å². The van der Waals surface area contributed by atoms with Crippen LogP contribution in [-0.4, -0.2) is 38.4 Å². The molecular formula is C18H14FN7OS. The fourth-order valence-corrected chi connectivity index (χ4v) is 4.27. The maximum atomic E-state index is 13.2. The van der Waals surface area contributed by atoms with Crippen molar-refractivity contribution < 1.29 is 9.18 Å². The van der Waals surface area contributed by atoms with Gasteiger partial charge < -0.3 is 16.0 Å². The first-order valence-corrected chi connectivity index (χ1v) is 9.42. The van der Waals surface area contributed by atoms with E-state index in [0.717, 1.165) is 22.1 Å². The lowest BCUT2D eigenvalue weighted by molar-refractivity contribution is 0.0949. The molecule has 1 amide bonds. The number of fused-ring (bicyclic) bond motifs is 5. The van der Waals surface area contributed by atoms with E-state index < -0.39 is 5.95 Å². The summed E-state index contributed by atoms with van der Waals surface area (Å²) < 4.78 is 14.2. The van der Waals surface area contributed by atoms with Gasteiger partial charge >= 0.3 is 0 Å². The molecule has 1 aliphatic rings. The predicted molar refractivity (Wildman–Crippen MR) is 106 cm³/mol. The molecule has 3 N–H and O–H groups in total. The quantitative estimate of drug-likeness (QED) is 0.448. The fraction of sp³-hybridized carbons (Fsp3) is 0.167. The molecular weight excluding hydrogens is 381 g/mol. The SMILES string of the molecule is C[C@@H]1CNc2c(sc3ccc4nc(Nc5cc(F)ncn5)cnc4c23)C(=O)N1. The van der Waals surface area contributed by atoms with E-state index in [2.05, 4.69) is 35.9 Å². The highest BCUT2D eigenvalue weighted by Crippen LogP contribution is 2.40. The standard InChI is InChI=1S/C18H14FN7OS/c1-8-5-20-16-14-10(28-17(16)18(27)24-8)3-2-9-15(14)21-6-13(25-9)26-12-4-11(19)22-7-23-12/h2-4,6-8,20H,5H2,1H3,(H,24,27)(H,22,23,25,26)/t8-/m1/s1. The first kappa shape index (κ1) is 16.8. The Labute approximate surface area is 162 Å². The summed E-state index contributed by atoms with van der Waals surface area (Å²) in [6.45, 7) is 2.59. The topological polar surface area (TPSA) is 105 Å². The van der Waals surface area contributed by atoms with Gasteiger partial charge in [0.1, 0.15) is 17.0 Å². The van der Waals surface area contributed by atoms with E-state index in [0.29, 0.717) is 34.1 Å². The first-order valence-electron chi connectivity index (χ1n) is 8.60. The number of hydrogen-bond acceptors (Lipinski definition) is 8. The summed E-state index contributed by atoms with van der Waals surface area (Å²) >= 11 is 1.43. The third-order valence-corrected chi connectivity index (χ3v) is 5.58. The van der Waals surface area contributed by atoms with Gasteiger partial charge in [0.15, 0.2) is 5.82 Å². The lowest BCUT2D eigenvalue weighted by Crippen LogP contribution is -2.34. The molecule has 1 aliphatic heterocycles. The van der Waals surface area contributed by atoms with Crippen molar-refractivity contribution in [1.29, 1.82) is 0 Å². The van der Waals surface area contributed by atoms with Crippen LogP contribution in [0, 0.1) is 5.95 Å². The Balaban J connectivity index is 1.62. The Morgan fingerprint density at radius 2 is 2.14 bits per heavy atom. The zero-order valence-electron chi connectivity index (χ0n) is 14.7. The van der Waals surface area contributed by atoms with Crippen LogP contribution in [0.4, 0.5) is 21.7 Å². The number of carbonyl (C=O) groups excluding carboxylic acids is 1. The maximum absolute atomic E-state index is 13.2. The molecule has 0 aliphatic carbocycles. The number of thiophene rings is 1. The highest BCUT2D eigenvalue weighted by atomic mass is 32.1. The second kappa shape index (κ2) is 6.34. The Morgan fingerprint density at radius 3 is 3.00 bits per heavy atom. The summed E-state index contributed by atoms with van der Waals surface area (Å²) in [5, 5.41) is 10.1. The molecule has 0 saturated heterocycles. The van der Waals surface area contributed by atoms with Crippen molar-refractivity contribution in [2.24, 2.45) is 0 Å². The Bertz CT molecular complexity index is 1240. The number of benzene rings is 1. The molecule has 28 heavy (non-hydrogen) atoms. The lowest BCUT2D eigenvalue weighted by atomic mass is 10.1. The second-order valence-electron chi connectivity index (χ2n) is 6.47. The Kier molecular flexibility index (Phi) is 3.79. The van der Waals surface area contributed by atoms with Crippen LogP contribution in [0.1, 0.15) is 16.6 Å². The molecule has 4 heterocycles. The van der Waals surface area contributed by atoms with E-state index in [-0.39, 0.29) is 11.9 Å². The minimum Gasteiger partial charge on any atom is -0.381 e. The largest absolute Gasteiger partial charge is 0.381 e. The van der Waals surface area contributed by atoms with E-state index in [1.807, 2.05) is 19.1 Å². The highest BCUT2D eigenvalue weighted by Gasteiger charge is 2.25. The van der Waals surface area contributed by atoms with Crippen LogP contribution in [0.3, 0.4) is 0 Å². The summed E-state index contributed by atoms with van der Waals surface area (Å²) in [7, 11) is 0. The molecule has 0 saturated carbocycles. The molecule has 140 valence electrons. The zero-order valence-corrected chi connectivity index (χ0v) is 15.5. The third kappa shape index (κ3) is 2.78. The molecule has 0 fully saturated rings. The summed E-state index contributed by atoms with van der Waals surface area (Å²) in [5.74, 6) is 0.0101. The predicted octanol–water partition coefficient (Wildman–Crippen LogP) is 3.06. The maximum Gasteiger partial charge on any atom is 0.263 e. The molecule has 0 bridgehead atoms. The molecule has 1 aromatic carbocycles. The summed E-state index contributed by atoms with van der Waals surface area (Å²) in [6, 6.07) is 5.00. The van der Waals surface area contributed by atoms with Crippen LogP contribution >= 0.6 is 11.3 Å². The van der Waals surface area contributed by atoms with Crippen LogP contribution in [0.5, 0.6) is 0 Å². The van der Waals surface area contributed by atoms with Crippen LogP contribution in [0.15, 0.2) is 30.7 Å². The third-order valence-electron chi connectivity index (χ3n) is 4.42. The monoisotopic (exact) mass is 395 g/mol. The van der Waals surface area contributed by atoms with Crippen molar-refractivity contribution in [1.82, 2.24) is 25.3 Å². The van der Waals surface area contributed by atoms with Gasteiger partial charge in [-0.05, 0) is 19.1 Å². The molecule has 10 heteroatoms. The molecule has 1 atom stereocenters. The van der Waals surface area contributed by atoms with Crippen molar-refractivity contribution in [2.45, 2.75) is 13.0 Å². The smallest absolute Gasteiger partial charge is 0.263 e. The number of nitrogens with zero attached hydrogens (tertiary/aromatic N) is 4. The first-order chi connectivity index (χ1) is 13.6. The highest BCUT2D eigenvalue weighted by molar-refractivity contribution is 7.21. The number of hydrogen-bond donors (Lipinski definition) is 3. The van der Waals surface area contributed by atoms with Gasteiger partial charge in [-0.2, -0.15) is 4.39 Å². The van der Waals surface area contributed by atoms with Crippen molar-refractivity contribution in [2.75, 3.05) is 17.2 Å². The molecule has 5 rings (SSSR count). The summed E-state index contributed by atoms with van der Waals surface area (Å²) in [5.41, 5.74) is 2.15. The molecule has 0 unspecified atom stereocenters. The average Bonchev–Trinajstić information content (AvgIpc) is 2.99. The summed E-state index contributed by atoms with van der Waals surface area (Å²) in [6.07, 6.45) is 2.69. The summed E-state index contributed by atoms with van der Waals surface area (Å²) in [4.78, 5) is 29.6. The molecule has 4 aromatic rings. The number of amides is 1. The van der Waals surface area contributed by atoms with E-state index in [4.69, 9.17) is 0 Å². The zero-order chi connectivity index (χ0) is 19.3. The van der Waals surface area contributed by atoms with Gasteiger partial charge in [-0.25, -0.2) is 19.9 Å². The van der Waals surface area contributed by atoms with E-state index in [1.54, 1.807) is 6.20 Å². The van der Waals surface area contributed by atoms with Crippen LogP contribution in [-0.2, 0) is 0 Å². The second-order valence-corrected chi connectivity index (χ2v) is 7.53. The minimum atomic E-state index is -0.632. The van der Waals surface area contributed by atoms with Crippen LogP contribution in [0.25, 0.3) is 21.1 Å². The van der Waals surface area contributed by atoms with Gasteiger partial charge in [0, 0.05) is 28.7 Å². The van der Waals surface area contributed by atoms with Gasteiger partial charge in [0.2, 0.25) is 5.95 Å². The normalized spacial score (nSPS) is 16.4. The average molecular weight is 395 g/mol. The number of nitrogens with one attached hydrogen (secondary N) is 3. The number of carbonyl (C=O) groups is 1. The Hall–Kier alpha value is -3.40. The molecule has 0 radical (unpaired) electrons. The fourth-order valence-electron chi connectivity index (χ4n) is 3.19. The van der Waals surface area contributed by atoms with Crippen LogP contribution < -0.4 is 16.0 Å². The van der Waals surface area contributed by atoms with E-state index >= 15 is 0 Å². The number of halogens is 1. The van der Waals surface area contributed by atoms with Crippen molar-refractivity contribution in [3.8, 4) is 0 Å². The van der Waals surface area contributed by atoms with Gasteiger partial charge in [0.05, 0.1) is 22.9 Å². The van der Waals surface area contributed by atoms with E-state index in [9.17, 15) is 9.18 Å². The molecule has 3 aromatic heterocycles. The van der Waals surface area contributed by atoms with Gasteiger partial charge in [-0.3, -0.25) is 4.79 Å². The number of rotatable bonds is 2. The Morgan fingerprint density at radius 1 is 1.25 bits per heavy atom. The van der Waals surface area contributed by atoms with Gasteiger partial charge in [0.25, 0.3) is 5.91 Å². The molecule has 8 nitrogen and oxygen atoms in total. The number of aromatic nitrogens is 4. The lowest BCUT2D eigenvalue weighted by Gasteiger charge is -2.10. The van der Waals surface area contributed by atoms with Crippen molar-refractivity contribution in [3.63, 3.8) is 0 Å². The minimum absolute atomic E-state index is 0.0345. The van der Waals surface area contributed by atoms with Gasteiger partial charge in [-0.1, -0.05) is 0 Å². The van der Waals surface area contributed by atoms with Gasteiger partial charge in [-0.15, -0.1) is 11.3 Å². The van der Waals surface area contributed by atoms with Crippen molar-refractivity contribution >= 4 is 55.7 Å².